The summed E-state index contributed by atoms with van der Waals surface area (Å²) in [6.07, 6.45) is 4.31. The van der Waals surface area contributed by atoms with E-state index in [4.69, 9.17) is 23.2 Å². The van der Waals surface area contributed by atoms with Crippen LogP contribution in [0.2, 0.25) is 10.0 Å². The van der Waals surface area contributed by atoms with Crippen LogP contribution in [0.1, 0.15) is 18.3 Å². The Labute approximate surface area is 166 Å². The molecule has 26 heavy (non-hydrogen) atoms. The van der Waals surface area contributed by atoms with Crippen molar-refractivity contribution < 1.29 is 8.42 Å². The molecule has 0 bridgehead atoms. The van der Waals surface area contributed by atoms with Gasteiger partial charge in [-0.25, -0.2) is 13.1 Å². The number of benzene rings is 1. The summed E-state index contributed by atoms with van der Waals surface area (Å²) in [5, 5.41) is 8.69. The summed E-state index contributed by atoms with van der Waals surface area (Å²) in [4.78, 5) is -0.0605. The first-order valence-electron chi connectivity index (χ1n) is 7.68. The first-order chi connectivity index (χ1) is 12.4. The zero-order valence-corrected chi connectivity index (χ0v) is 16.9. The van der Waals surface area contributed by atoms with Crippen LogP contribution in [0.15, 0.2) is 47.5 Å². The molecule has 0 radical (unpaired) electrons. The fourth-order valence-corrected chi connectivity index (χ4v) is 4.97. The Kier molecular flexibility index (Phi) is 6.09. The van der Waals surface area contributed by atoms with Gasteiger partial charge in [-0.15, -0.1) is 10.2 Å². The third kappa shape index (κ3) is 4.15. The van der Waals surface area contributed by atoms with Gasteiger partial charge in [0.2, 0.25) is 10.0 Å². The highest BCUT2D eigenvalue weighted by Crippen LogP contribution is 2.27. The van der Waals surface area contributed by atoms with Crippen LogP contribution < -0.4 is 4.72 Å². The average Bonchev–Trinajstić information content (AvgIpc) is 3.04. The minimum Gasteiger partial charge on any atom is -0.285 e. The number of nitrogens with zero attached hydrogens (tertiary/aromatic N) is 3. The molecule has 6 nitrogen and oxygen atoms in total. The van der Waals surface area contributed by atoms with Crippen molar-refractivity contribution in [3.63, 3.8) is 0 Å². The van der Waals surface area contributed by atoms with E-state index in [1.807, 2.05) is 24.5 Å². The van der Waals surface area contributed by atoms with Crippen LogP contribution in [0.25, 0.3) is 5.65 Å². The van der Waals surface area contributed by atoms with Gasteiger partial charge in [-0.05, 0) is 48.8 Å². The molecule has 0 aliphatic heterocycles. The largest absolute Gasteiger partial charge is 0.285 e. The number of nitrogens with one attached hydrogen (secondary N) is 1. The molecule has 0 saturated heterocycles. The standard InChI is InChI=1S/C16H16Cl2N4O2S2/c1-25-9-7-13(16-20-19-15-4-2-3-8-22(15)16)21-26(23,24)14-10-11(17)5-6-12(14)18/h2-6,8,10,13,21H,7,9H2,1H3/t13-/m1/s1. The number of halogens is 2. The zero-order valence-electron chi connectivity index (χ0n) is 13.8. The highest BCUT2D eigenvalue weighted by molar-refractivity contribution is 7.98. The van der Waals surface area contributed by atoms with Crippen molar-refractivity contribution >= 4 is 50.6 Å². The van der Waals surface area contributed by atoms with Crippen LogP contribution in [0.4, 0.5) is 0 Å². The van der Waals surface area contributed by atoms with E-state index in [1.54, 1.807) is 28.4 Å². The Balaban J connectivity index is 1.99. The lowest BCUT2D eigenvalue weighted by Gasteiger charge is -2.18. The molecule has 0 spiro atoms. The molecule has 0 aliphatic rings. The quantitative estimate of drug-likeness (QED) is 0.616. The van der Waals surface area contributed by atoms with Crippen LogP contribution in [0, 0.1) is 0 Å². The molecular formula is C16H16Cl2N4O2S2. The van der Waals surface area contributed by atoms with Gasteiger partial charge in [0.05, 0.1) is 11.1 Å². The van der Waals surface area contributed by atoms with E-state index in [0.29, 0.717) is 22.9 Å². The number of sulfonamides is 1. The normalized spacial score (nSPS) is 13.2. The molecule has 2 aromatic heterocycles. The van der Waals surface area contributed by atoms with E-state index in [1.165, 1.54) is 12.1 Å². The first kappa shape index (κ1) is 19.4. The van der Waals surface area contributed by atoms with Gasteiger partial charge in [0.1, 0.15) is 4.90 Å². The molecule has 0 saturated carbocycles. The van der Waals surface area contributed by atoms with Crippen LogP contribution >= 0.6 is 35.0 Å². The first-order valence-corrected chi connectivity index (χ1v) is 11.3. The topological polar surface area (TPSA) is 76.4 Å². The smallest absolute Gasteiger partial charge is 0.242 e. The second-order valence-electron chi connectivity index (χ2n) is 5.52. The predicted octanol–water partition coefficient (Wildman–Crippen LogP) is 3.81. The maximum atomic E-state index is 12.9. The molecule has 0 unspecified atom stereocenters. The lowest BCUT2D eigenvalue weighted by Crippen LogP contribution is -2.30. The molecule has 3 aromatic rings. The summed E-state index contributed by atoms with van der Waals surface area (Å²) in [5.74, 6) is 1.27. The number of thioether (sulfide) groups is 1. The Morgan fingerprint density at radius 2 is 2.04 bits per heavy atom. The number of pyridine rings is 1. The highest BCUT2D eigenvalue weighted by atomic mass is 35.5. The second kappa shape index (κ2) is 8.14. The van der Waals surface area contributed by atoms with Gasteiger partial charge in [-0.2, -0.15) is 11.8 Å². The lowest BCUT2D eigenvalue weighted by atomic mass is 10.2. The monoisotopic (exact) mass is 430 g/mol. The number of hydrogen-bond acceptors (Lipinski definition) is 5. The number of hydrogen-bond donors (Lipinski definition) is 1. The fourth-order valence-electron chi connectivity index (χ4n) is 2.51. The Morgan fingerprint density at radius 3 is 2.81 bits per heavy atom. The molecule has 2 heterocycles. The molecule has 1 atom stereocenters. The summed E-state index contributed by atoms with van der Waals surface area (Å²) >= 11 is 13.6. The van der Waals surface area contributed by atoms with E-state index < -0.39 is 16.1 Å². The van der Waals surface area contributed by atoms with Crippen LogP contribution in [0.5, 0.6) is 0 Å². The molecule has 0 fully saturated rings. The third-order valence-electron chi connectivity index (χ3n) is 3.74. The van der Waals surface area contributed by atoms with E-state index >= 15 is 0 Å². The van der Waals surface area contributed by atoms with Crippen molar-refractivity contribution in [1.82, 2.24) is 19.3 Å². The highest BCUT2D eigenvalue weighted by Gasteiger charge is 2.26. The molecule has 3 rings (SSSR count). The van der Waals surface area contributed by atoms with Gasteiger partial charge in [0.25, 0.3) is 0 Å². The minimum absolute atomic E-state index is 0.0605. The van der Waals surface area contributed by atoms with E-state index in [0.717, 1.165) is 5.75 Å². The van der Waals surface area contributed by atoms with E-state index in [9.17, 15) is 8.42 Å². The third-order valence-corrected chi connectivity index (χ3v) is 6.57. The molecule has 10 heteroatoms. The van der Waals surface area contributed by atoms with Crippen LogP contribution in [0.3, 0.4) is 0 Å². The molecule has 1 N–H and O–H groups in total. The van der Waals surface area contributed by atoms with Crippen molar-refractivity contribution in [2.45, 2.75) is 17.4 Å². The fraction of sp³-hybridized carbons (Fsp3) is 0.250. The van der Waals surface area contributed by atoms with Crippen molar-refractivity contribution in [2.24, 2.45) is 0 Å². The van der Waals surface area contributed by atoms with Crippen LogP contribution in [-0.2, 0) is 10.0 Å². The number of aromatic nitrogens is 3. The van der Waals surface area contributed by atoms with Crippen molar-refractivity contribution in [3.8, 4) is 0 Å². The van der Waals surface area contributed by atoms with Gasteiger partial charge in [-0.3, -0.25) is 4.40 Å². The average molecular weight is 431 g/mol. The Bertz CT molecular complexity index is 1020. The maximum absolute atomic E-state index is 12.9. The summed E-state index contributed by atoms with van der Waals surface area (Å²) < 4.78 is 30.3. The Morgan fingerprint density at radius 1 is 1.23 bits per heavy atom. The lowest BCUT2D eigenvalue weighted by molar-refractivity contribution is 0.536. The van der Waals surface area contributed by atoms with Gasteiger partial charge < -0.3 is 0 Å². The number of fused-ring (bicyclic) bond motifs is 1. The van der Waals surface area contributed by atoms with E-state index in [2.05, 4.69) is 14.9 Å². The molecule has 1 aromatic carbocycles. The summed E-state index contributed by atoms with van der Waals surface area (Å²) in [7, 11) is -3.89. The van der Waals surface area contributed by atoms with Crippen molar-refractivity contribution in [3.05, 3.63) is 58.5 Å². The van der Waals surface area contributed by atoms with Gasteiger partial charge >= 0.3 is 0 Å². The van der Waals surface area contributed by atoms with Gasteiger partial charge in [0, 0.05) is 11.2 Å². The number of rotatable bonds is 7. The van der Waals surface area contributed by atoms with Gasteiger partial charge in [-0.1, -0.05) is 29.3 Å². The predicted molar refractivity (Wildman–Crippen MR) is 106 cm³/mol. The SMILES string of the molecule is CSCC[C@@H](NS(=O)(=O)c1cc(Cl)ccc1Cl)c1nnc2ccccn12. The molecule has 0 amide bonds. The Hall–Kier alpha value is -1.32. The van der Waals surface area contributed by atoms with Crippen LogP contribution in [-0.4, -0.2) is 35.0 Å². The van der Waals surface area contributed by atoms with Crippen molar-refractivity contribution in [2.75, 3.05) is 12.0 Å². The maximum Gasteiger partial charge on any atom is 0.242 e. The van der Waals surface area contributed by atoms with E-state index in [-0.39, 0.29) is 9.92 Å². The molecule has 138 valence electrons. The molecule has 0 aliphatic carbocycles. The summed E-state index contributed by atoms with van der Waals surface area (Å²) in [6, 6.07) is 9.28. The van der Waals surface area contributed by atoms with Crippen molar-refractivity contribution in [1.29, 1.82) is 0 Å². The summed E-state index contributed by atoms with van der Waals surface area (Å²) in [5.41, 5.74) is 0.650. The van der Waals surface area contributed by atoms with Gasteiger partial charge in [0.15, 0.2) is 11.5 Å². The minimum atomic E-state index is -3.89. The zero-order chi connectivity index (χ0) is 18.7. The second-order valence-corrected chi connectivity index (χ2v) is 9.03. The molecular weight excluding hydrogens is 415 g/mol. The summed E-state index contributed by atoms with van der Waals surface area (Å²) in [6.45, 7) is 0.